The van der Waals surface area contributed by atoms with Crippen molar-refractivity contribution < 1.29 is 4.42 Å². The van der Waals surface area contributed by atoms with Crippen molar-refractivity contribution in [1.82, 2.24) is 15.0 Å². The van der Waals surface area contributed by atoms with Crippen LogP contribution in [0.4, 0.5) is 0 Å². The number of aromatic nitrogens is 3. The predicted molar refractivity (Wildman–Crippen MR) is 212 cm³/mol. The Bertz CT molecular complexity index is 2810. The van der Waals surface area contributed by atoms with Gasteiger partial charge in [-0.2, -0.15) is 0 Å². The van der Waals surface area contributed by atoms with Crippen LogP contribution in [0.3, 0.4) is 0 Å². The molecule has 4 heteroatoms. The molecule has 0 radical (unpaired) electrons. The highest BCUT2D eigenvalue weighted by molar-refractivity contribution is 6.09. The maximum absolute atomic E-state index is 6.34. The van der Waals surface area contributed by atoms with Crippen molar-refractivity contribution in [1.29, 1.82) is 0 Å². The van der Waals surface area contributed by atoms with Crippen molar-refractivity contribution in [2.45, 2.75) is 19.3 Å². The molecule has 0 saturated carbocycles. The van der Waals surface area contributed by atoms with Gasteiger partial charge in [-0.05, 0) is 51.1 Å². The number of hydrogen-bond donors (Lipinski definition) is 0. The lowest BCUT2D eigenvalue weighted by Crippen LogP contribution is -2.14. The highest BCUT2D eigenvalue weighted by Gasteiger charge is 2.36. The van der Waals surface area contributed by atoms with Gasteiger partial charge in [-0.25, -0.2) is 15.0 Å². The fraction of sp³-hybridized carbons (Fsp3) is 0.0625. The molecule has 0 aliphatic heterocycles. The van der Waals surface area contributed by atoms with E-state index in [0.717, 1.165) is 55.3 Å². The first-order valence-electron chi connectivity index (χ1n) is 17.7. The van der Waals surface area contributed by atoms with E-state index in [-0.39, 0.29) is 5.41 Å². The van der Waals surface area contributed by atoms with Crippen molar-refractivity contribution in [2.24, 2.45) is 0 Å². The van der Waals surface area contributed by atoms with Crippen LogP contribution in [0.15, 0.2) is 168 Å². The average molecular weight is 668 g/mol. The van der Waals surface area contributed by atoms with Crippen LogP contribution in [0.25, 0.3) is 89.5 Å². The Kier molecular flexibility index (Phi) is 6.80. The third-order valence-corrected chi connectivity index (χ3v) is 10.6. The highest BCUT2D eigenvalue weighted by atomic mass is 16.3. The number of benzene rings is 7. The smallest absolute Gasteiger partial charge is 0.164 e. The Morgan fingerprint density at radius 2 is 0.942 bits per heavy atom. The second-order valence-corrected chi connectivity index (χ2v) is 14.0. The molecular weight excluding hydrogens is 635 g/mol. The summed E-state index contributed by atoms with van der Waals surface area (Å²) in [6.07, 6.45) is 0. The molecule has 9 aromatic rings. The Hall–Kier alpha value is -6.65. The number of fused-ring (bicyclic) bond motifs is 6. The highest BCUT2D eigenvalue weighted by Crippen LogP contribution is 2.52. The number of para-hydroxylation sites is 2. The quantitative estimate of drug-likeness (QED) is 0.183. The van der Waals surface area contributed by atoms with Gasteiger partial charge >= 0.3 is 0 Å². The largest absolute Gasteiger partial charge is 0.455 e. The van der Waals surface area contributed by atoms with Gasteiger partial charge in [0.25, 0.3) is 0 Å². The summed E-state index contributed by atoms with van der Waals surface area (Å²) in [4.78, 5) is 15.2. The molecule has 7 aromatic carbocycles. The fourth-order valence-electron chi connectivity index (χ4n) is 7.94. The van der Waals surface area contributed by atoms with Gasteiger partial charge < -0.3 is 4.42 Å². The van der Waals surface area contributed by atoms with Gasteiger partial charge in [-0.1, -0.05) is 166 Å². The Balaban J connectivity index is 1.08. The second kappa shape index (κ2) is 11.7. The van der Waals surface area contributed by atoms with Crippen LogP contribution >= 0.6 is 0 Å². The molecule has 52 heavy (non-hydrogen) atoms. The van der Waals surface area contributed by atoms with E-state index < -0.39 is 0 Å². The van der Waals surface area contributed by atoms with Crippen LogP contribution in [-0.2, 0) is 5.41 Å². The summed E-state index contributed by atoms with van der Waals surface area (Å²) in [6.45, 7) is 4.64. The lowest BCUT2D eigenvalue weighted by atomic mass is 9.82. The van der Waals surface area contributed by atoms with E-state index in [1.807, 2.05) is 42.5 Å². The maximum Gasteiger partial charge on any atom is 0.164 e. The first-order valence-corrected chi connectivity index (χ1v) is 17.7. The zero-order valence-corrected chi connectivity index (χ0v) is 28.8. The van der Waals surface area contributed by atoms with E-state index in [1.54, 1.807) is 0 Å². The Morgan fingerprint density at radius 1 is 0.404 bits per heavy atom. The summed E-state index contributed by atoms with van der Waals surface area (Å²) in [5.41, 5.74) is 14.3. The van der Waals surface area contributed by atoms with Crippen molar-refractivity contribution in [2.75, 3.05) is 0 Å². The predicted octanol–water partition coefficient (Wildman–Crippen LogP) is 12.4. The van der Waals surface area contributed by atoms with Gasteiger partial charge in [0.15, 0.2) is 17.5 Å². The summed E-state index contributed by atoms with van der Waals surface area (Å²) in [5.74, 6) is 1.90. The minimum atomic E-state index is -0.0681. The van der Waals surface area contributed by atoms with E-state index >= 15 is 0 Å². The zero-order valence-electron chi connectivity index (χ0n) is 28.8. The monoisotopic (exact) mass is 667 g/mol. The van der Waals surface area contributed by atoms with Crippen LogP contribution in [0.2, 0.25) is 0 Å². The number of nitrogens with zero attached hydrogens (tertiary/aromatic N) is 3. The first-order chi connectivity index (χ1) is 25.5. The van der Waals surface area contributed by atoms with Gasteiger partial charge in [0.1, 0.15) is 11.2 Å². The molecule has 1 aliphatic carbocycles. The fourth-order valence-corrected chi connectivity index (χ4v) is 7.94. The van der Waals surface area contributed by atoms with Crippen molar-refractivity contribution in [3.05, 3.63) is 175 Å². The lowest BCUT2D eigenvalue weighted by Gasteiger charge is -2.21. The molecule has 10 rings (SSSR count). The Morgan fingerprint density at radius 3 is 1.77 bits per heavy atom. The SMILES string of the molecule is CC1(C)c2ccccc2-c2c(-c3cccc(-c4nc(-c5ccccc5)nc(-c5ccc(-c6cccc7c6oc6ccccc67)cc5)n4)c3)cccc21. The van der Waals surface area contributed by atoms with E-state index in [0.29, 0.717) is 17.5 Å². The van der Waals surface area contributed by atoms with Crippen molar-refractivity contribution in [3.63, 3.8) is 0 Å². The van der Waals surface area contributed by atoms with Crippen LogP contribution in [-0.4, -0.2) is 15.0 Å². The average Bonchev–Trinajstić information content (AvgIpc) is 3.70. The molecule has 1 aliphatic rings. The third-order valence-electron chi connectivity index (χ3n) is 10.6. The van der Waals surface area contributed by atoms with Gasteiger partial charge in [-0.15, -0.1) is 0 Å². The van der Waals surface area contributed by atoms with Gasteiger partial charge in [0.2, 0.25) is 0 Å². The van der Waals surface area contributed by atoms with Crippen LogP contribution < -0.4 is 0 Å². The molecule has 0 bridgehead atoms. The summed E-state index contributed by atoms with van der Waals surface area (Å²) in [6, 6.07) is 57.2. The summed E-state index contributed by atoms with van der Waals surface area (Å²) < 4.78 is 6.34. The minimum Gasteiger partial charge on any atom is -0.455 e. The molecule has 0 amide bonds. The van der Waals surface area contributed by atoms with Gasteiger partial charge in [0.05, 0.1) is 0 Å². The molecule has 2 heterocycles. The molecule has 0 spiro atoms. The molecular formula is C48H33N3O. The lowest BCUT2D eigenvalue weighted by molar-refractivity contribution is 0.660. The molecule has 2 aromatic heterocycles. The van der Waals surface area contributed by atoms with Crippen LogP contribution in [0.5, 0.6) is 0 Å². The van der Waals surface area contributed by atoms with E-state index in [4.69, 9.17) is 19.4 Å². The zero-order chi connectivity index (χ0) is 34.8. The second-order valence-electron chi connectivity index (χ2n) is 14.0. The Labute approximate surface area is 302 Å². The summed E-state index contributed by atoms with van der Waals surface area (Å²) in [7, 11) is 0. The van der Waals surface area contributed by atoms with E-state index in [1.165, 1.54) is 27.8 Å². The van der Waals surface area contributed by atoms with Crippen LogP contribution in [0.1, 0.15) is 25.0 Å². The molecule has 0 unspecified atom stereocenters. The minimum absolute atomic E-state index is 0.0681. The summed E-state index contributed by atoms with van der Waals surface area (Å²) in [5, 5.41) is 2.24. The van der Waals surface area contributed by atoms with Crippen LogP contribution in [0, 0.1) is 0 Å². The third kappa shape index (κ3) is 4.79. The molecule has 4 nitrogen and oxygen atoms in total. The van der Waals surface area contributed by atoms with Crippen molar-refractivity contribution in [3.8, 4) is 67.5 Å². The molecule has 0 atom stereocenters. The topological polar surface area (TPSA) is 51.8 Å². The first kappa shape index (κ1) is 30.2. The number of rotatable bonds is 5. The molecule has 246 valence electrons. The number of hydrogen-bond acceptors (Lipinski definition) is 4. The van der Waals surface area contributed by atoms with E-state index in [2.05, 4.69) is 135 Å². The number of furan rings is 1. The van der Waals surface area contributed by atoms with Gasteiger partial charge in [0, 0.05) is 38.4 Å². The summed E-state index contributed by atoms with van der Waals surface area (Å²) >= 11 is 0. The molecule has 0 N–H and O–H groups in total. The standard InChI is InChI=1S/C48H33N3O/c1-48(2)40-22-8-6-18-39(40)43-35(19-12-23-41(43)48)33-15-10-16-34(29-33)47-50-45(31-13-4-3-5-14-31)49-46(51-47)32-27-25-30(26-28-32)36-20-11-21-38-37-17-7-9-24-42(37)52-44(36)38/h3-29H,1-2H3. The normalized spacial score (nSPS) is 13.0. The molecule has 0 fully saturated rings. The van der Waals surface area contributed by atoms with E-state index in [9.17, 15) is 0 Å². The van der Waals surface area contributed by atoms with Crippen molar-refractivity contribution >= 4 is 21.9 Å². The molecule has 0 saturated heterocycles. The van der Waals surface area contributed by atoms with Gasteiger partial charge in [-0.3, -0.25) is 0 Å². The maximum atomic E-state index is 6.34.